The van der Waals surface area contributed by atoms with Crippen molar-refractivity contribution < 1.29 is 19.1 Å². The van der Waals surface area contributed by atoms with Crippen molar-refractivity contribution in [1.29, 1.82) is 0 Å². The third-order valence-corrected chi connectivity index (χ3v) is 6.64. The second-order valence-corrected chi connectivity index (χ2v) is 9.20. The maximum atomic E-state index is 10.7. The number of carboxylic acids is 1. The molecule has 1 saturated carbocycles. The van der Waals surface area contributed by atoms with Crippen LogP contribution in [-0.2, 0) is 11.2 Å². The number of aliphatic carboxylic acids is 1. The molecule has 35 heavy (non-hydrogen) atoms. The molecule has 1 aliphatic carbocycles. The molecule has 0 saturated heterocycles. The van der Waals surface area contributed by atoms with Gasteiger partial charge in [-0.15, -0.1) is 0 Å². The number of carbonyl (C=O) groups excluding carboxylic acids is 1. The molecular weight excluding hydrogens is 438 g/mol. The summed E-state index contributed by atoms with van der Waals surface area (Å²) in [6.45, 7) is -0.438. The number of carboxylic acid groups (broad SMARTS) is 1. The van der Waals surface area contributed by atoms with Crippen molar-refractivity contribution in [2.24, 2.45) is 5.92 Å². The summed E-state index contributed by atoms with van der Waals surface area (Å²) in [6, 6.07) is 28.1. The second-order valence-electron chi connectivity index (χ2n) is 9.20. The lowest BCUT2D eigenvalue weighted by Gasteiger charge is -2.27. The van der Waals surface area contributed by atoms with Gasteiger partial charge in [-0.2, -0.15) is 0 Å². The molecule has 1 aliphatic rings. The van der Waals surface area contributed by atoms with E-state index in [-0.39, 0.29) is 5.92 Å². The molecule has 4 aromatic rings. The highest BCUT2D eigenvalue weighted by molar-refractivity contribution is 5.76. The zero-order valence-corrected chi connectivity index (χ0v) is 19.6. The van der Waals surface area contributed by atoms with Gasteiger partial charge in [0.15, 0.2) is 11.7 Å². The van der Waals surface area contributed by atoms with Crippen molar-refractivity contribution in [3.63, 3.8) is 0 Å². The summed E-state index contributed by atoms with van der Waals surface area (Å²) < 4.78 is 11.8. The number of ether oxygens (including phenoxy) is 1. The predicted molar refractivity (Wildman–Crippen MR) is 133 cm³/mol. The van der Waals surface area contributed by atoms with Crippen LogP contribution in [0.2, 0.25) is 0 Å². The fourth-order valence-electron chi connectivity index (χ4n) is 5.03. The Labute approximate surface area is 205 Å². The zero-order chi connectivity index (χ0) is 24.0. The molecule has 0 N–H and O–H groups in total. The van der Waals surface area contributed by atoms with E-state index in [1.54, 1.807) is 6.07 Å². The van der Waals surface area contributed by atoms with Crippen LogP contribution in [-0.4, -0.2) is 17.6 Å². The summed E-state index contributed by atoms with van der Waals surface area (Å²) in [5, 5.41) is 10.7. The maximum Gasteiger partial charge on any atom is 0.198 e. The fraction of sp³-hybridized carbons (Fsp3) is 0.267. The van der Waals surface area contributed by atoms with Crippen molar-refractivity contribution in [2.75, 3.05) is 6.61 Å². The van der Waals surface area contributed by atoms with E-state index in [4.69, 9.17) is 14.1 Å². The fourth-order valence-corrected chi connectivity index (χ4v) is 5.03. The topological polar surface area (TPSA) is 75.4 Å². The van der Waals surface area contributed by atoms with E-state index in [9.17, 15) is 9.90 Å². The molecule has 0 amide bonds. The zero-order valence-electron chi connectivity index (χ0n) is 19.6. The normalized spacial score (nSPS) is 17.7. The van der Waals surface area contributed by atoms with Gasteiger partial charge in [-0.25, -0.2) is 4.98 Å². The van der Waals surface area contributed by atoms with Gasteiger partial charge in [-0.3, -0.25) is 0 Å². The molecule has 3 aromatic carbocycles. The van der Waals surface area contributed by atoms with Gasteiger partial charge in [0.2, 0.25) is 0 Å². The number of nitrogens with zero attached hydrogens (tertiary/aromatic N) is 1. The van der Waals surface area contributed by atoms with Crippen LogP contribution in [0.15, 0.2) is 89.3 Å². The first-order valence-electron chi connectivity index (χ1n) is 12.2. The lowest BCUT2D eigenvalue weighted by Crippen LogP contribution is -2.28. The molecule has 0 aliphatic heterocycles. The Morgan fingerprint density at radius 1 is 0.943 bits per heavy atom. The highest BCUT2D eigenvalue weighted by atomic mass is 16.5. The molecule has 178 valence electrons. The molecule has 5 rings (SSSR count). The Balaban J connectivity index is 1.36. The summed E-state index contributed by atoms with van der Waals surface area (Å²) in [5.74, 6) is 1.75. The molecule has 1 fully saturated rings. The molecule has 2 atom stereocenters. The molecule has 0 spiro atoms. The van der Waals surface area contributed by atoms with Crippen molar-refractivity contribution in [2.45, 2.75) is 38.0 Å². The smallest absolute Gasteiger partial charge is 0.198 e. The molecule has 5 nitrogen and oxygen atoms in total. The first-order valence-corrected chi connectivity index (χ1v) is 12.2. The Kier molecular flexibility index (Phi) is 6.94. The van der Waals surface area contributed by atoms with E-state index in [1.165, 1.54) is 0 Å². The van der Waals surface area contributed by atoms with Gasteiger partial charge < -0.3 is 19.1 Å². The Morgan fingerprint density at radius 3 is 2.43 bits per heavy atom. The van der Waals surface area contributed by atoms with Crippen molar-refractivity contribution in [1.82, 2.24) is 4.98 Å². The Morgan fingerprint density at radius 2 is 1.69 bits per heavy atom. The van der Waals surface area contributed by atoms with Crippen molar-refractivity contribution >= 4 is 5.97 Å². The number of benzene rings is 3. The van der Waals surface area contributed by atoms with Gasteiger partial charge in [0, 0.05) is 17.0 Å². The standard InChI is InChI=1S/C30H29NO4/c32-27(33)20-34-26-16-8-10-22(19-26)17-21-9-7-15-25(18-21)30-31-28(23-11-3-1-4-12-23)29(35-30)24-13-5-2-6-14-24/h1-6,8,10-14,16,19,21,25H,7,9,15,17-18,20H2,(H,32,33)/p-1. The molecule has 2 unspecified atom stereocenters. The van der Waals surface area contributed by atoms with E-state index in [2.05, 4.69) is 30.3 Å². The van der Waals surface area contributed by atoms with E-state index in [0.29, 0.717) is 11.7 Å². The third-order valence-electron chi connectivity index (χ3n) is 6.64. The highest BCUT2D eigenvalue weighted by Gasteiger charge is 2.29. The minimum Gasteiger partial charge on any atom is -0.546 e. The minimum absolute atomic E-state index is 0.270. The average Bonchev–Trinajstić information content (AvgIpc) is 3.35. The first-order chi connectivity index (χ1) is 17.2. The monoisotopic (exact) mass is 466 g/mol. The van der Waals surface area contributed by atoms with Crippen LogP contribution in [0.1, 0.15) is 43.1 Å². The van der Waals surface area contributed by atoms with Gasteiger partial charge >= 0.3 is 0 Å². The van der Waals surface area contributed by atoms with Crippen molar-refractivity contribution in [3.05, 3.63) is 96.4 Å². The number of oxazole rings is 1. The van der Waals surface area contributed by atoms with Crippen LogP contribution in [0, 0.1) is 5.92 Å². The molecule has 5 heteroatoms. The quantitative estimate of drug-likeness (QED) is 0.335. The van der Waals surface area contributed by atoms with E-state index < -0.39 is 12.6 Å². The summed E-state index contributed by atoms with van der Waals surface area (Å²) in [6.07, 6.45) is 5.26. The number of hydrogen-bond donors (Lipinski definition) is 0. The average molecular weight is 467 g/mol. The Hall–Kier alpha value is -3.86. The largest absolute Gasteiger partial charge is 0.546 e. The highest BCUT2D eigenvalue weighted by Crippen LogP contribution is 2.41. The summed E-state index contributed by atoms with van der Waals surface area (Å²) in [4.78, 5) is 15.7. The van der Waals surface area contributed by atoms with E-state index in [1.807, 2.05) is 48.5 Å². The van der Waals surface area contributed by atoms with E-state index >= 15 is 0 Å². The van der Waals surface area contributed by atoms with Gasteiger partial charge in [-0.1, -0.05) is 85.6 Å². The number of hydrogen-bond acceptors (Lipinski definition) is 5. The lowest BCUT2D eigenvalue weighted by atomic mass is 9.78. The molecule has 0 bridgehead atoms. The summed E-state index contributed by atoms with van der Waals surface area (Å²) >= 11 is 0. The van der Waals surface area contributed by atoms with Crippen LogP contribution in [0.4, 0.5) is 0 Å². The van der Waals surface area contributed by atoms with Crippen LogP contribution in [0.25, 0.3) is 22.6 Å². The van der Waals surface area contributed by atoms with E-state index in [0.717, 1.165) is 66.1 Å². The molecule has 0 radical (unpaired) electrons. The van der Waals surface area contributed by atoms with Gasteiger partial charge in [0.25, 0.3) is 0 Å². The summed E-state index contributed by atoms with van der Waals surface area (Å²) in [7, 11) is 0. The van der Waals surface area contributed by atoms with Gasteiger partial charge in [0.1, 0.15) is 18.1 Å². The van der Waals surface area contributed by atoms with Gasteiger partial charge in [0.05, 0.1) is 5.97 Å². The number of carbonyl (C=O) groups is 1. The Bertz CT molecular complexity index is 1210. The van der Waals surface area contributed by atoms with Gasteiger partial charge in [-0.05, 0) is 42.9 Å². The van der Waals surface area contributed by atoms with Crippen LogP contribution < -0.4 is 9.84 Å². The molecule has 1 heterocycles. The first kappa shape index (κ1) is 22.9. The second kappa shape index (κ2) is 10.6. The molecule has 1 aromatic heterocycles. The minimum atomic E-state index is -1.22. The molecular formula is C30H28NO4-. The predicted octanol–water partition coefficient (Wildman–Crippen LogP) is 5.65. The third kappa shape index (κ3) is 5.62. The SMILES string of the molecule is O=C([O-])COc1cccc(CC2CCCC(c3nc(-c4ccccc4)c(-c4ccccc4)o3)C2)c1. The number of rotatable bonds is 8. The maximum absolute atomic E-state index is 10.7. The lowest BCUT2D eigenvalue weighted by molar-refractivity contribution is -0.307. The van der Waals surface area contributed by atoms with Crippen LogP contribution >= 0.6 is 0 Å². The van der Waals surface area contributed by atoms with Crippen LogP contribution in [0.3, 0.4) is 0 Å². The van der Waals surface area contributed by atoms with Crippen molar-refractivity contribution in [3.8, 4) is 28.3 Å². The summed E-state index contributed by atoms with van der Waals surface area (Å²) in [5.41, 5.74) is 4.13. The van der Waals surface area contributed by atoms with Crippen LogP contribution in [0.5, 0.6) is 5.75 Å². The number of aromatic nitrogens is 1.